The third-order valence-corrected chi connectivity index (χ3v) is 7.09. The maximum Gasteiger partial charge on any atom is 0.234 e. The molecule has 0 spiro atoms. The SMILES string of the molecule is NC(=O)[C@@H]1CC2CCCCC2CN1CC(O)C(N)CSc1ccccc1. The van der Waals surface area contributed by atoms with Gasteiger partial charge in [-0.2, -0.15) is 0 Å². The summed E-state index contributed by atoms with van der Waals surface area (Å²) in [5, 5.41) is 10.6. The van der Waals surface area contributed by atoms with Crippen molar-refractivity contribution in [2.24, 2.45) is 23.3 Å². The highest BCUT2D eigenvalue weighted by Gasteiger charge is 2.39. The van der Waals surface area contributed by atoms with Gasteiger partial charge in [0.25, 0.3) is 0 Å². The van der Waals surface area contributed by atoms with E-state index in [9.17, 15) is 9.90 Å². The molecule has 4 unspecified atom stereocenters. The quantitative estimate of drug-likeness (QED) is 0.631. The first-order valence-corrected chi connectivity index (χ1v) is 10.7. The number of aliphatic hydroxyl groups excluding tert-OH is 1. The Morgan fingerprint density at radius 1 is 1.23 bits per heavy atom. The number of nitrogens with zero attached hydrogens (tertiary/aromatic N) is 1. The van der Waals surface area contributed by atoms with Crippen LogP contribution in [0.15, 0.2) is 35.2 Å². The number of β-amino-alcohol motifs (C(OH)–C–C–N with tert-alkyl or cyclic N) is 1. The van der Waals surface area contributed by atoms with Gasteiger partial charge in [0, 0.05) is 29.8 Å². The molecule has 1 amide bonds. The van der Waals surface area contributed by atoms with Gasteiger partial charge in [0.15, 0.2) is 0 Å². The summed E-state index contributed by atoms with van der Waals surface area (Å²) < 4.78 is 0. The van der Waals surface area contributed by atoms with Gasteiger partial charge in [-0.05, 0) is 36.8 Å². The van der Waals surface area contributed by atoms with Crippen molar-refractivity contribution in [3.05, 3.63) is 30.3 Å². The molecular formula is C20H31N3O2S. The number of carbonyl (C=O) groups is 1. The van der Waals surface area contributed by atoms with E-state index >= 15 is 0 Å². The molecular weight excluding hydrogens is 346 g/mol. The summed E-state index contributed by atoms with van der Waals surface area (Å²) in [4.78, 5) is 15.2. The number of rotatable bonds is 7. The molecule has 5 atom stereocenters. The number of nitrogens with two attached hydrogens (primary N) is 2. The average molecular weight is 378 g/mol. The van der Waals surface area contributed by atoms with Gasteiger partial charge in [-0.1, -0.05) is 37.5 Å². The summed E-state index contributed by atoms with van der Waals surface area (Å²) >= 11 is 1.65. The van der Waals surface area contributed by atoms with Gasteiger partial charge < -0.3 is 16.6 Å². The number of amides is 1. The van der Waals surface area contributed by atoms with Crippen molar-refractivity contribution in [2.75, 3.05) is 18.8 Å². The lowest BCUT2D eigenvalue weighted by Crippen LogP contribution is -2.57. The smallest absolute Gasteiger partial charge is 0.234 e. The Morgan fingerprint density at radius 3 is 2.62 bits per heavy atom. The molecule has 2 aliphatic rings. The molecule has 1 aromatic rings. The van der Waals surface area contributed by atoms with Gasteiger partial charge in [0.2, 0.25) is 5.91 Å². The Labute approximate surface area is 160 Å². The van der Waals surface area contributed by atoms with Gasteiger partial charge in [0.1, 0.15) is 0 Å². The number of aliphatic hydroxyl groups is 1. The molecule has 1 heterocycles. The Hall–Kier alpha value is -1.08. The zero-order chi connectivity index (χ0) is 18.5. The Bertz CT molecular complexity index is 586. The van der Waals surface area contributed by atoms with E-state index in [1.807, 2.05) is 30.3 Å². The fourth-order valence-corrected chi connectivity index (χ4v) is 5.35. The summed E-state index contributed by atoms with van der Waals surface area (Å²) in [5.41, 5.74) is 11.9. The van der Waals surface area contributed by atoms with Crippen LogP contribution in [0.25, 0.3) is 0 Å². The number of piperidine rings is 1. The molecule has 1 aromatic carbocycles. The van der Waals surface area contributed by atoms with E-state index in [1.165, 1.54) is 25.7 Å². The molecule has 144 valence electrons. The minimum Gasteiger partial charge on any atom is -0.390 e. The van der Waals surface area contributed by atoms with Crippen molar-refractivity contribution < 1.29 is 9.90 Å². The van der Waals surface area contributed by atoms with Crippen LogP contribution in [0.1, 0.15) is 32.1 Å². The first-order chi connectivity index (χ1) is 12.5. The summed E-state index contributed by atoms with van der Waals surface area (Å²) in [6, 6.07) is 9.46. The van der Waals surface area contributed by atoms with Gasteiger partial charge in [0.05, 0.1) is 12.1 Å². The fraction of sp³-hybridized carbons (Fsp3) is 0.650. The van der Waals surface area contributed by atoms with E-state index in [4.69, 9.17) is 11.5 Å². The molecule has 1 saturated carbocycles. The summed E-state index contributed by atoms with van der Waals surface area (Å²) in [5.74, 6) is 1.61. The number of benzene rings is 1. The van der Waals surface area contributed by atoms with E-state index < -0.39 is 6.10 Å². The predicted octanol–water partition coefficient (Wildman–Crippen LogP) is 1.83. The maximum absolute atomic E-state index is 12.0. The standard InChI is InChI=1S/C20H31N3O2S/c21-17(13-26-16-8-2-1-3-9-16)19(24)12-23-11-15-7-5-4-6-14(15)10-18(23)20(22)25/h1-3,8-9,14-15,17-19,24H,4-7,10-13,21H2,(H2,22,25)/t14?,15?,17?,18-,19?/m0/s1. The first kappa shape index (κ1) is 19.7. The second-order valence-corrected chi connectivity index (χ2v) is 8.86. The minimum atomic E-state index is -0.659. The van der Waals surface area contributed by atoms with E-state index in [2.05, 4.69) is 4.90 Å². The zero-order valence-corrected chi connectivity index (χ0v) is 16.1. The molecule has 3 rings (SSSR count). The first-order valence-electron chi connectivity index (χ1n) is 9.69. The Morgan fingerprint density at radius 2 is 1.92 bits per heavy atom. The molecule has 5 N–H and O–H groups in total. The van der Waals surface area contributed by atoms with Crippen molar-refractivity contribution >= 4 is 17.7 Å². The lowest BCUT2D eigenvalue weighted by molar-refractivity contribution is -0.127. The monoisotopic (exact) mass is 377 g/mol. The second-order valence-electron chi connectivity index (χ2n) is 7.77. The molecule has 1 aliphatic heterocycles. The van der Waals surface area contributed by atoms with Crippen LogP contribution in [0.5, 0.6) is 0 Å². The number of hydrogen-bond acceptors (Lipinski definition) is 5. The summed E-state index contributed by atoms with van der Waals surface area (Å²) in [6.07, 6.45) is 5.13. The normalized spacial score (nSPS) is 28.9. The van der Waals surface area contributed by atoms with Crippen molar-refractivity contribution in [3.8, 4) is 0 Å². The van der Waals surface area contributed by atoms with E-state index in [0.717, 1.165) is 17.9 Å². The highest BCUT2D eigenvalue weighted by molar-refractivity contribution is 7.99. The topological polar surface area (TPSA) is 92.6 Å². The van der Waals surface area contributed by atoms with E-state index in [0.29, 0.717) is 24.1 Å². The Balaban J connectivity index is 1.55. The lowest BCUT2D eigenvalue weighted by Gasteiger charge is -2.45. The van der Waals surface area contributed by atoms with Gasteiger partial charge in [-0.25, -0.2) is 0 Å². The van der Waals surface area contributed by atoms with Crippen LogP contribution in [0.3, 0.4) is 0 Å². The molecule has 2 fully saturated rings. The van der Waals surface area contributed by atoms with Gasteiger partial charge in [-0.3, -0.25) is 9.69 Å². The third kappa shape index (κ3) is 5.00. The van der Waals surface area contributed by atoms with Crippen LogP contribution in [0.2, 0.25) is 0 Å². The number of fused-ring (bicyclic) bond motifs is 1. The zero-order valence-electron chi connectivity index (χ0n) is 15.3. The van der Waals surface area contributed by atoms with Crippen molar-refractivity contribution in [3.63, 3.8) is 0 Å². The highest BCUT2D eigenvalue weighted by Crippen LogP contribution is 2.38. The van der Waals surface area contributed by atoms with E-state index in [-0.39, 0.29) is 18.0 Å². The van der Waals surface area contributed by atoms with Crippen molar-refractivity contribution in [1.29, 1.82) is 0 Å². The molecule has 0 radical (unpaired) electrons. The van der Waals surface area contributed by atoms with Crippen LogP contribution in [-0.2, 0) is 4.79 Å². The third-order valence-electron chi connectivity index (χ3n) is 5.93. The van der Waals surface area contributed by atoms with Crippen LogP contribution in [0.4, 0.5) is 0 Å². The number of likely N-dealkylation sites (tertiary alicyclic amines) is 1. The van der Waals surface area contributed by atoms with Crippen LogP contribution in [0, 0.1) is 11.8 Å². The van der Waals surface area contributed by atoms with Crippen LogP contribution < -0.4 is 11.5 Å². The van der Waals surface area contributed by atoms with E-state index in [1.54, 1.807) is 11.8 Å². The number of primary amides is 1. The lowest BCUT2D eigenvalue weighted by atomic mass is 9.72. The molecule has 6 heteroatoms. The van der Waals surface area contributed by atoms with Crippen molar-refractivity contribution in [2.45, 2.75) is 55.2 Å². The highest BCUT2D eigenvalue weighted by atomic mass is 32.2. The van der Waals surface area contributed by atoms with Crippen LogP contribution in [-0.4, -0.2) is 52.9 Å². The number of hydrogen-bond donors (Lipinski definition) is 3. The largest absolute Gasteiger partial charge is 0.390 e. The van der Waals surface area contributed by atoms with Crippen LogP contribution >= 0.6 is 11.8 Å². The number of thioether (sulfide) groups is 1. The van der Waals surface area contributed by atoms with Crippen molar-refractivity contribution in [1.82, 2.24) is 4.90 Å². The molecule has 5 nitrogen and oxygen atoms in total. The molecule has 26 heavy (non-hydrogen) atoms. The molecule has 1 aliphatic carbocycles. The molecule has 0 bridgehead atoms. The Kier molecular flexibility index (Phi) is 6.98. The van der Waals surface area contributed by atoms with Gasteiger partial charge in [-0.15, -0.1) is 11.8 Å². The molecule has 0 aromatic heterocycles. The summed E-state index contributed by atoms with van der Waals surface area (Å²) in [7, 11) is 0. The van der Waals surface area contributed by atoms with Gasteiger partial charge >= 0.3 is 0 Å². The summed E-state index contributed by atoms with van der Waals surface area (Å²) in [6.45, 7) is 1.28. The average Bonchev–Trinajstić information content (AvgIpc) is 2.66. The number of carbonyl (C=O) groups excluding carboxylic acids is 1. The maximum atomic E-state index is 12.0. The minimum absolute atomic E-state index is 0.266. The molecule has 1 saturated heterocycles. The second kappa shape index (κ2) is 9.22. The fourth-order valence-electron chi connectivity index (χ4n) is 4.39. The predicted molar refractivity (Wildman–Crippen MR) is 106 cm³/mol.